The third-order valence-electron chi connectivity index (χ3n) is 1.02. The molecule has 1 N–H and O–H groups in total. The molecule has 0 aliphatic heterocycles. The number of rotatable bonds is 3. The zero-order valence-electron chi connectivity index (χ0n) is 7.69. The lowest BCUT2D eigenvalue weighted by molar-refractivity contribution is 0.241. The van der Waals surface area contributed by atoms with Gasteiger partial charge in [-0.15, -0.1) is 0 Å². The van der Waals surface area contributed by atoms with Crippen LogP contribution in [0.4, 0.5) is 0 Å². The van der Waals surface area contributed by atoms with Gasteiger partial charge in [0, 0.05) is 5.54 Å². The van der Waals surface area contributed by atoms with Gasteiger partial charge in [0.1, 0.15) is 0 Å². The summed E-state index contributed by atoms with van der Waals surface area (Å²) in [7, 11) is -0.823. The van der Waals surface area contributed by atoms with Crippen LogP contribution in [-0.2, 0) is 4.43 Å². The first kappa shape index (κ1) is 10.1. The molecule has 0 atom stereocenters. The average molecular weight is 161 g/mol. The quantitative estimate of drug-likeness (QED) is 0.498. The van der Waals surface area contributed by atoms with Crippen molar-refractivity contribution in [2.75, 3.05) is 6.73 Å². The van der Waals surface area contributed by atoms with E-state index in [0.29, 0.717) is 6.73 Å². The van der Waals surface area contributed by atoms with E-state index in [9.17, 15) is 0 Å². The Kier molecular flexibility index (Phi) is 4.16. The minimum atomic E-state index is -0.823. The zero-order chi connectivity index (χ0) is 8.20. The molecule has 0 heterocycles. The molecule has 62 valence electrons. The van der Waals surface area contributed by atoms with Gasteiger partial charge in [-0.3, -0.25) is 5.32 Å². The molecule has 0 bridgehead atoms. The van der Waals surface area contributed by atoms with Crippen LogP contribution < -0.4 is 5.32 Å². The van der Waals surface area contributed by atoms with Crippen LogP contribution in [0, 0.1) is 0 Å². The maximum atomic E-state index is 5.45. The first-order valence-electron chi connectivity index (χ1n) is 3.78. The molecular formula is C7H19NOSi. The van der Waals surface area contributed by atoms with Gasteiger partial charge < -0.3 is 4.43 Å². The highest BCUT2D eigenvalue weighted by Crippen LogP contribution is 1.97. The highest BCUT2D eigenvalue weighted by atomic mass is 28.3. The van der Waals surface area contributed by atoms with Crippen LogP contribution in [0.1, 0.15) is 20.8 Å². The predicted octanol–water partition coefficient (Wildman–Crippen LogP) is 1.33. The second kappa shape index (κ2) is 4.11. The maximum Gasteiger partial charge on any atom is 0.172 e. The Hall–Kier alpha value is 0.137. The molecule has 10 heavy (non-hydrogen) atoms. The molecule has 0 aromatic rings. The van der Waals surface area contributed by atoms with Crippen molar-refractivity contribution in [3.63, 3.8) is 0 Å². The smallest absolute Gasteiger partial charge is 0.172 e. The highest BCUT2D eigenvalue weighted by Gasteiger charge is 2.07. The van der Waals surface area contributed by atoms with E-state index in [1.54, 1.807) is 0 Å². The van der Waals surface area contributed by atoms with Gasteiger partial charge in [0.15, 0.2) is 9.04 Å². The van der Waals surface area contributed by atoms with Crippen molar-refractivity contribution in [1.29, 1.82) is 0 Å². The van der Waals surface area contributed by atoms with Crippen molar-refractivity contribution < 1.29 is 4.43 Å². The molecule has 0 fully saturated rings. The second-order valence-electron chi connectivity index (χ2n) is 3.79. The fraction of sp³-hybridized carbons (Fsp3) is 1.00. The largest absolute Gasteiger partial charge is 0.408 e. The summed E-state index contributed by atoms with van der Waals surface area (Å²) < 4.78 is 5.45. The van der Waals surface area contributed by atoms with Gasteiger partial charge in [0.25, 0.3) is 0 Å². The third-order valence-corrected chi connectivity index (χ3v) is 1.85. The molecule has 0 aromatic carbocycles. The van der Waals surface area contributed by atoms with Crippen LogP contribution in [-0.4, -0.2) is 21.3 Å². The molecule has 0 spiro atoms. The van der Waals surface area contributed by atoms with Crippen LogP contribution in [0.25, 0.3) is 0 Å². The predicted molar refractivity (Wildman–Crippen MR) is 47.7 cm³/mol. The summed E-state index contributed by atoms with van der Waals surface area (Å²) in [5.41, 5.74) is 0.184. The van der Waals surface area contributed by atoms with Gasteiger partial charge in [-0.1, -0.05) is 0 Å². The summed E-state index contributed by atoms with van der Waals surface area (Å²) in [6.45, 7) is 11.5. The van der Waals surface area contributed by atoms with Crippen molar-refractivity contribution in [2.45, 2.75) is 39.4 Å². The first-order valence-corrected chi connectivity index (χ1v) is 6.56. The van der Waals surface area contributed by atoms with Crippen molar-refractivity contribution in [3.8, 4) is 0 Å². The lowest BCUT2D eigenvalue weighted by atomic mass is 10.1. The minimum absolute atomic E-state index is 0.184. The zero-order valence-corrected chi connectivity index (χ0v) is 8.85. The molecule has 0 aliphatic carbocycles. The van der Waals surface area contributed by atoms with Gasteiger partial charge in [-0.2, -0.15) is 0 Å². The van der Waals surface area contributed by atoms with Gasteiger partial charge in [0.05, 0.1) is 6.73 Å². The molecule has 0 amide bonds. The van der Waals surface area contributed by atoms with Crippen LogP contribution in [0.3, 0.4) is 0 Å². The monoisotopic (exact) mass is 161 g/mol. The lowest BCUT2D eigenvalue weighted by Gasteiger charge is -2.21. The Morgan fingerprint density at radius 3 is 2.10 bits per heavy atom. The summed E-state index contributed by atoms with van der Waals surface area (Å²) >= 11 is 0. The molecule has 0 radical (unpaired) electrons. The molecule has 0 saturated heterocycles. The Morgan fingerprint density at radius 1 is 1.30 bits per heavy atom. The van der Waals surface area contributed by atoms with E-state index in [2.05, 4.69) is 39.2 Å². The molecule has 0 aliphatic rings. The van der Waals surface area contributed by atoms with E-state index in [-0.39, 0.29) is 5.54 Å². The highest BCUT2D eigenvalue weighted by molar-refractivity contribution is 6.48. The summed E-state index contributed by atoms with van der Waals surface area (Å²) in [5.74, 6) is 0. The summed E-state index contributed by atoms with van der Waals surface area (Å²) in [5, 5.41) is 3.27. The lowest BCUT2D eigenvalue weighted by Crippen LogP contribution is -2.38. The van der Waals surface area contributed by atoms with Crippen LogP contribution in [0.15, 0.2) is 0 Å². The van der Waals surface area contributed by atoms with E-state index in [1.165, 1.54) is 0 Å². The van der Waals surface area contributed by atoms with E-state index >= 15 is 0 Å². The molecule has 3 heteroatoms. The molecular weight excluding hydrogens is 142 g/mol. The van der Waals surface area contributed by atoms with Gasteiger partial charge in [-0.25, -0.2) is 0 Å². The standard InChI is InChI=1S/C7H19NOSi/c1-7(2,3)8-6-9-10(4)5/h8,10H,6H2,1-5H3. The second-order valence-corrected chi connectivity index (χ2v) is 6.22. The molecule has 0 saturated carbocycles. The Bertz CT molecular complexity index is 88.1. The van der Waals surface area contributed by atoms with E-state index < -0.39 is 9.04 Å². The van der Waals surface area contributed by atoms with E-state index in [0.717, 1.165) is 0 Å². The SMILES string of the molecule is C[SiH](C)OCNC(C)(C)C. The van der Waals surface area contributed by atoms with Crippen molar-refractivity contribution in [2.24, 2.45) is 0 Å². The number of nitrogens with one attached hydrogen (secondary N) is 1. The first-order chi connectivity index (χ1) is 4.42. The van der Waals surface area contributed by atoms with Crippen LogP contribution >= 0.6 is 0 Å². The van der Waals surface area contributed by atoms with Gasteiger partial charge in [-0.05, 0) is 33.9 Å². The normalized spacial score (nSPS) is 12.6. The fourth-order valence-electron chi connectivity index (χ4n) is 0.425. The Morgan fingerprint density at radius 2 is 1.80 bits per heavy atom. The van der Waals surface area contributed by atoms with E-state index in [1.807, 2.05) is 0 Å². The summed E-state index contributed by atoms with van der Waals surface area (Å²) in [6.07, 6.45) is 0. The fourth-order valence-corrected chi connectivity index (χ4v) is 0.842. The summed E-state index contributed by atoms with van der Waals surface area (Å²) in [6, 6.07) is 0. The molecule has 0 unspecified atom stereocenters. The topological polar surface area (TPSA) is 21.3 Å². The number of hydrogen-bond donors (Lipinski definition) is 1. The van der Waals surface area contributed by atoms with Gasteiger partial charge in [0.2, 0.25) is 0 Å². The maximum absolute atomic E-state index is 5.45. The van der Waals surface area contributed by atoms with Crippen LogP contribution in [0.2, 0.25) is 13.1 Å². The van der Waals surface area contributed by atoms with Gasteiger partial charge >= 0.3 is 0 Å². The van der Waals surface area contributed by atoms with Crippen molar-refractivity contribution in [3.05, 3.63) is 0 Å². The molecule has 0 rings (SSSR count). The average Bonchev–Trinajstić information content (AvgIpc) is 1.59. The number of hydrogen-bond acceptors (Lipinski definition) is 2. The molecule has 0 aromatic heterocycles. The third kappa shape index (κ3) is 8.14. The van der Waals surface area contributed by atoms with Crippen molar-refractivity contribution in [1.82, 2.24) is 5.32 Å². The molecule has 2 nitrogen and oxygen atoms in total. The van der Waals surface area contributed by atoms with E-state index in [4.69, 9.17) is 4.43 Å². The van der Waals surface area contributed by atoms with Crippen LogP contribution in [0.5, 0.6) is 0 Å². The Labute approximate surface area is 65.7 Å². The minimum Gasteiger partial charge on any atom is -0.408 e. The Balaban J connectivity index is 3.21. The van der Waals surface area contributed by atoms with Crippen molar-refractivity contribution >= 4 is 9.04 Å². The summed E-state index contributed by atoms with van der Waals surface area (Å²) in [4.78, 5) is 0.